The molecule has 0 bridgehead atoms. The monoisotopic (exact) mass is 422 g/mol. The second-order valence-corrected chi connectivity index (χ2v) is 10.3. The van der Waals surface area contributed by atoms with Gasteiger partial charge in [0.05, 0.1) is 29.1 Å². The fourth-order valence-electron chi connectivity index (χ4n) is 4.16. The Morgan fingerprint density at radius 2 is 2.07 bits per heavy atom. The number of ether oxygens (including phenoxy) is 1. The van der Waals surface area contributed by atoms with Gasteiger partial charge in [-0.3, -0.25) is 4.90 Å². The van der Waals surface area contributed by atoms with Gasteiger partial charge in [0.25, 0.3) is 0 Å². The highest BCUT2D eigenvalue weighted by Crippen LogP contribution is 2.24. The molecule has 1 aromatic heterocycles. The van der Waals surface area contributed by atoms with Crippen LogP contribution >= 0.6 is 0 Å². The minimum absolute atomic E-state index is 0.289. The van der Waals surface area contributed by atoms with Crippen molar-refractivity contribution >= 4 is 21.1 Å². The van der Waals surface area contributed by atoms with Crippen molar-refractivity contribution in [2.75, 3.05) is 40.9 Å². The molecule has 0 radical (unpaired) electrons. The normalized spacial score (nSPS) is 19.1. The van der Waals surface area contributed by atoms with E-state index in [-0.39, 0.29) is 4.90 Å². The number of likely N-dealkylation sites (tertiary alicyclic amines) is 1. The summed E-state index contributed by atoms with van der Waals surface area (Å²) in [7, 11) is 1.41. The lowest BCUT2D eigenvalue weighted by Gasteiger charge is -2.24. The average molecular weight is 423 g/mol. The number of imidazole rings is 1. The Balaban J connectivity index is 1.93. The zero-order valence-corrected chi connectivity index (χ0v) is 18.9. The molecule has 0 saturated carbocycles. The molecule has 1 atom stereocenters. The van der Waals surface area contributed by atoms with Gasteiger partial charge in [-0.05, 0) is 49.9 Å². The second kappa shape index (κ2) is 9.55. The number of methoxy groups -OCH3 is 1. The highest BCUT2D eigenvalue weighted by molar-refractivity contribution is 7.89. The van der Waals surface area contributed by atoms with Crippen LogP contribution in [0.1, 0.15) is 38.4 Å². The van der Waals surface area contributed by atoms with Crippen LogP contribution in [0.2, 0.25) is 0 Å². The number of nitrogens with zero attached hydrogens (tertiary/aromatic N) is 4. The van der Waals surface area contributed by atoms with Crippen LogP contribution in [0, 0.1) is 5.92 Å². The lowest BCUT2D eigenvalue weighted by molar-refractivity contribution is 0.123. The molecule has 1 aromatic carbocycles. The summed E-state index contributed by atoms with van der Waals surface area (Å²) in [6.07, 6.45) is 4.64. The van der Waals surface area contributed by atoms with Crippen LogP contribution in [0.4, 0.5) is 0 Å². The zero-order chi connectivity index (χ0) is 21.0. The molecule has 0 N–H and O–H groups in total. The Morgan fingerprint density at radius 3 is 2.76 bits per heavy atom. The summed E-state index contributed by atoms with van der Waals surface area (Å²) in [5.74, 6) is 1.57. The summed E-state index contributed by atoms with van der Waals surface area (Å²) in [5, 5.41) is 0. The summed E-state index contributed by atoms with van der Waals surface area (Å²) in [6.45, 7) is 6.69. The van der Waals surface area contributed by atoms with Crippen molar-refractivity contribution < 1.29 is 13.2 Å². The van der Waals surface area contributed by atoms with Crippen molar-refractivity contribution in [2.45, 2.75) is 50.6 Å². The van der Waals surface area contributed by atoms with Gasteiger partial charge in [-0.1, -0.05) is 13.3 Å². The Labute approximate surface area is 174 Å². The zero-order valence-electron chi connectivity index (χ0n) is 18.1. The van der Waals surface area contributed by atoms with Crippen LogP contribution in [0.3, 0.4) is 0 Å². The van der Waals surface area contributed by atoms with Gasteiger partial charge in [0.2, 0.25) is 10.0 Å². The van der Waals surface area contributed by atoms with Crippen LogP contribution in [0.5, 0.6) is 0 Å². The SMILES string of the molecule is CCCn1c(CN2CCCC[C@H](COC)C2)nc2cc(S(=O)(=O)N(C)C)ccc21. The quantitative estimate of drug-likeness (QED) is 0.654. The Kier molecular flexibility index (Phi) is 7.32. The lowest BCUT2D eigenvalue weighted by Crippen LogP contribution is -2.31. The first kappa shape index (κ1) is 22.2. The molecular weight excluding hydrogens is 388 g/mol. The third kappa shape index (κ3) is 4.99. The van der Waals surface area contributed by atoms with E-state index in [2.05, 4.69) is 16.4 Å². The molecule has 1 aliphatic rings. The number of aromatic nitrogens is 2. The molecule has 2 aromatic rings. The van der Waals surface area contributed by atoms with Crippen LogP contribution < -0.4 is 0 Å². The Hall–Kier alpha value is -1.48. The molecule has 0 unspecified atom stereocenters. The molecule has 1 fully saturated rings. The van der Waals surface area contributed by atoms with Crippen LogP contribution in [0.25, 0.3) is 11.0 Å². The summed E-state index contributed by atoms with van der Waals surface area (Å²) in [6, 6.07) is 5.29. The predicted molar refractivity (Wildman–Crippen MR) is 115 cm³/mol. The predicted octanol–water partition coefficient (Wildman–Crippen LogP) is 2.95. The number of rotatable bonds is 8. The number of hydrogen-bond acceptors (Lipinski definition) is 5. The summed E-state index contributed by atoms with van der Waals surface area (Å²) in [4.78, 5) is 7.63. The van der Waals surface area contributed by atoms with Gasteiger partial charge < -0.3 is 9.30 Å². The Morgan fingerprint density at radius 1 is 1.28 bits per heavy atom. The maximum absolute atomic E-state index is 12.5. The Bertz CT molecular complexity index is 923. The first-order valence-corrected chi connectivity index (χ1v) is 11.9. The van der Waals surface area contributed by atoms with Gasteiger partial charge in [0.15, 0.2) is 0 Å². The molecule has 0 amide bonds. The van der Waals surface area contributed by atoms with Gasteiger partial charge in [0, 0.05) is 34.3 Å². The first-order valence-electron chi connectivity index (χ1n) is 10.5. The van der Waals surface area contributed by atoms with E-state index >= 15 is 0 Å². The van der Waals surface area contributed by atoms with E-state index < -0.39 is 10.0 Å². The lowest BCUT2D eigenvalue weighted by atomic mass is 10.0. The fourth-order valence-corrected chi connectivity index (χ4v) is 5.08. The van der Waals surface area contributed by atoms with E-state index in [0.717, 1.165) is 56.1 Å². The van der Waals surface area contributed by atoms with E-state index in [9.17, 15) is 8.42 Å². The second-order valence-electron chi connectivity index (χ2n) is 8.17. The minimum Gasteiger partial charge on any atom is -0.384 e. The largest absolute Gasteiger partial charge is 0.384 e. The van der Waals surface area contributed by atoms with Crippen molar-refractivity contribution in [1.29, 1.82) is 0 Å². The van der Waals surface area contributed by atoms with E-state index in [0.29, 0.717) is 5.92 Å². The van der Waals surface area contributed by atoms with Gasteiger partial charge >= 0.3 is 0 Å². The number of sulfonamides is 1. The van der Waals surface area contributed by atoms with E-state index in [1.165, 1.54) is 23.6 Å². The summed E-state index contributed by atoms with van der Waals surface area (Å²) in [5.41, 5.74) is 1.75. The standard InChI is InChI=1S/C21H34N4O3S/c1-5-11-25-20-10-9-18(29(26,27)23(2)3)13-19(20)22-21(25)15-24-12-7-6-8-17(14-24)16-28-4/h9-10,13,17H,5-8,11-12,14-16H2,1-4H3/t17-/m0/s1. The van der Waals surface area contributed by atoms with Crippen molar-refractivity contribution in [1.82, 2.24) is 18.8 Å². The van der Waals surface area contributed by atoms with Crippen molar-refractivity contribution in [3.05, 3.63) is 24.0 Å². The fraction of sp³-hybridized carbons (Fsp3) is 0.667. The molecule has 162 valence electrons. The molecule has 8 heteroatoms. The highest BCUT2D eigenvalue weighted by atomic mass is 32.2. The van der Waals surface area contributed by atoms with Gasteiger partial charge in [0.1, 0.15) is 5.82 Å². The van der Waals surface area contributed by atoms with Crippen molar-refractivity contribution in [3.8, 4) is 0 Å². The molecule has 1 saturated heterocycles. The van der Waals surface area contributed by atoms with E-state index in [1.807, 2.05) is 6.07 Å². The van der Waals surface area contributed by atoms with Crippen LogP contribution in [0.15, 0.2) is 23.1 Å². The maximum atomic E-state index is 12.5. The molecule has 2 heterocycles. The summed E-state index contributed by atoms with van der Waals surface area (Å²) < 4.78 is 33.9. The number of fused-ring (bicyclic) bond motifs is 1. The van der Waals surface area contributed by atoms with Crippen molar-refractivity contribution in [2.24, 2.45) is 5.92 Å². The van der Waals surface area contributed by atoms with Gasteiger partial charge in [-0.25, -0.2) is 17.7 Å². The molecule has 3 rings (SSSR count). The number of benzene rings is 1. The van der Waals surface area contributed by atoms with Gasteiger partial charge in [-0.15, -0.1) is 0 Å². The van der Waals surface area contributed by atoms with Crippen molar-refractivity contribution in [3.63, 3.8) is 0 Å². The molecule has 0 aliphatic carbocycles. The molecule has 29 heavy (non-hydrogen) atoms. The minimum atomic E-state index is -3.47. The smallest absolute Gasteiger partial charge is 0.242 e. The first-order chi connectivity index (χ1) is 13.9. The number of hydrogen-bond donors (Lipinski definition) is 0. The summed E-state index contributed by atoms with van der Waals surface area (Å²) >= 11 is 0. The molecule has 1 aliphatic heterocycles. The third-order valence-corrected chi connectivity index (χ3v) is 7.46. The molecular formula is C21H34N4O3S. The highest BCUT2D eigenvalue weighted by Gasteiger charge is 2.22. The van der Waals surface area contributed by atoms with Gasteiger partial charge in [-0.2, -0.15) is 0 Å². The molecule has 7 nitrogen and oxygen atoms in total. The third-order valence-electron chi connectivity index (χ3n) is 5.65. The van der Waals surface area contributed by atoms with Crippen LogP contribution in [-0.4, -0.2) is 68.1 Å². The molecule has 0 spiro atoms. The average Bonchev–Trinajstić information content (AvgIpc) is 2.85. The van der Waals surface area contributed by atoms with E-state index in [1.54, 1.807) is 33.3 Å². The topological polar surface area (TPSA) is 67.7 Å². The number of aryl methyl sites for hydroxylation is 1. The van der Waals surface area contributed by atoms with Crippen LogP contribution in [-0.2, 0) is 27.8 Å². The van der Waals surface area contributed by atoms with E-state index in [4.69, 9.17) is 9.72 Å². The maximum Gasteiger partial charge on any atom is 0.242 e.